The molecular formula is C8H11F3O3. The summed E-state index contributed by atoms with van der Waals surface area (Å²) >= 11 is 0. The molecule has 3 nitrogen and oxygen atoms in total. The van der Waals surface area contributed by atoms with Crippen LogP contribution in [0.1, 0.15) is 13.8 Å². The van der Waals surface area contributed by atoms with E-state index in [1.807, 2.05) is 0 Å². The highest BCUT2D eigenvalue weighted by Gasteiger charge is 2.51. The SMILES string of the molecule is COC(=O)C(C(=O)C(C)C)C(F)(F)F. The standard InChI is InChI=1S/C8H11F3O3/c1-4(2)6(12)5(7(13)14-3)8(9,10)11/h4-5H,1-3H3. The highest BCUT2D eigenvalue weighted by atomic mass is 19.4. The van der Waals surface area contributed by atoms with Crippen molar-refractivity contribution in [3.63, 3.8) is 0 Å². The number of esters is 1. The number of ketones is 1. The predicted octanol–water partition coefficient (Wildman–Crippen LogP) is 1.56. The van der Waals surface area contributed by atoms with Crippen LogP contribution in [0.2, 0.25) is 0 Å². The Morgan fingerprint density at radius 3 is 1.86 bits per heavy atom. The average molecular weight is 212 g/mol. The second kappa shape index (κ2) is 4.43. The molecule has 82 valence electrons. The largest absolute Gasteiger partial charge is 0.468 e. The molecule has 0 aromatic rings. The number of hydrogen-bond donors (Lipinski definition) is 0. The van der Waals surface area contributed by atoms with Gasteiger partial charge in [0.1, 0.15) is 0 Å². The molecule has 0 heterocycles. The summed E-state index contributed by atoms with van der Waals surface area (Å²) in [6.07, 6.45) is -4.88. The monoisotopic (exact) mass is 212 g/mol. The first-order valence-electron chi connectivity index (χ1n) is 3.90. The highest BCUT2D eigenvalue weighted by molar-refractivity contribution is 6.00. The summed E-state index contributed by atoms with van der Waals surface area (Å²) in [5, 5.41) is 0. The highest BCUT2D eigenvalue weighted by Crippen LogP contribution is 2.29. The number of rotatable bonds is 3. The van der Waals surface area contributed by atoms with Gasteiger partial charge in [-0.15, -0.1) is 0 Å². The normalized spacial score (nSPS) is 13.9. The van der Waals surface area contributed by atoms with E-state index in [0.29, 0.717) is 0 Å². The van der Waals surface area contributed by atoms with Gasteiger partial charge in [0, 0.05) is 5.92 Å². The molecule has 0 aromatic carbocycles. The van der Waals surface area contributed by atoms with E-state index in [1.54, 1.807) is 0 Å². The fraction of sp³-hybridized carbons (Fsp3) is 0.750. The summed E-state index contributed by atoms with van der Waals surface area (Å²) in [5.74, 6) is -6.26. The maximum atomic E-state index is 12.2. The fourth-order valence-electron chi connectivity index (χ4n) is 0.862. The van der Waals surface area contributed by atoms with Gasteiger partial charge in [0.2, 0.25) is 5.92 Å². The Bertz CT molecular complexity index is 232. The fourth-order valence-corrected chi connectivity index (χ4v) is 0.862. The molecule has 0 bridgehead atoms. The number of carbonyl (C=O) groups excluding carboxylic acids is 2. The molecule has 1 unspecified atom stereocenters. The lowest BCUT2D eigenvalue weighted by Gasteiger charge is -2.18. The minimum absolute atomic E-state index is 0.814. The average Bonchev–Trinajstić information content (AvgIpc) is 2.01. The van der Waals surface area contributed by atoms with Gasteiger partial charge in [0.15, 0.2) is 5.78 Å². The van der Waals surface area contributed by atoms with Crippen molar-refractivity contribution in [3.05, 3.63) is 0 Å². The Morgan fingerprint density at radius 1 is 1.21 bits per heavy atom. The molecule has 0 aliphatic carbocycles. The molecule has 0 aromatic heterocycles. The Labute approximate surface area is 79.2 Å². The lowest BCUT2D eigenvalue weighted by molar-refractivity contribution is -0.197. The zero-order valence-electron chi connectivity index (χ0n) is 8.01. The van der Waals surface area contributed by atoms with Crippen LogP contribution in [-0.2, 0) is 14.3 Å². The van der Waals surface area contributed by atoms with Gasteiger partial charge >= 0.3 is 12.1 Å². The van der Waals surface area contributed by atoms with Crippen molar-refractivity contribution in [1.82, 2.24) is 0 Å². The molecule has 0 spiro atoms. The summed E-state index contributed by atoms with van der Waals surface area (Å²) in [7, 11) is 0.814. The molecule has 0 saturated carbocycles. The van der Waals surface area contributed by atoms with Crippen molar-refractivity contribution >= 4 is 11.8 Å². The number of halogens is 3. The van der Waals surface area contributed by atoms with Gasteiger partial charge in [-0.3, -0.25) is 9.59 Å². The maximum Gasteiger partial charge on any atom is 0.409 e. The number of carbonyl (C=O) groups is 2. The molecule has 0 saturated heterocycles. The Hall–Kier alpha value is -1.07. The summed E-state index contributed by atoms with van der Waals surface area (Å²) in [6, 6.07) is 0. The second-order valence-corrected chi connectivity index (χ2v) is 3.05. The van der Waals surface area contributed by atoms with Crippen molar-refractivity contribution in [2.75, 3.05) is 7.11 Å². The Kier molecular flexibility index (Phi) is 4.09. The van der Waals surface area contributed by atoms with Gasteiger partial charge in [0.05, 0.1) is 7.11 Å². The maximum absolute atomic E-state index is 12.2. The molecule has 14 heavy (non-hydrogen) atoms. The molecule has 0 aliphatic heterocycles. The molecule has 0 fully saturated rings. The predicted molar refractivity (Wildman–Crippen MR) is 41.4 cm³/mol. The van der Waals surface area contributed by atoms with Crippen LogP contribution in [0.3, 0.4) is 0 Å². The summed E-state index contributed by atoms with van der Waals surface area (Å²) in [4.78, 5) is 21.8. The third-order valence-electron chi connectivity index (χ3n) is 1.62. The van der Waals surface area contributed by atoms with Crippen molar-refractivity contribution < 1.29 is 27.5 Å². The van der Waals surface area contributed by atoms with Crippen molar-refractivity contribution in [2.45, 2.75) is 20.0 Å². The summed E-state index contributed by atoms with van der Waals surface area (Å²) < 4.78 is 40.7. The van der Waals surface area contributed by atoms with Crippen molar-refractivity contribution in [3.8, 4) is 0 Å². The first-order chi connectivity index (χ1) is 6.21. The van der Waals surface area contributed by atoms with E-state index < -0.39 is 29.8 Å². The number of ether oxygens (including phenoxy) is 1. The van der Waals surface area contributed by atoms with E-state index in [0.717, 1.165) is 7.11 Å². The first kappa shape index (κ1) is 12.9. The molecule has 0 N–H and O–H groups in total. The van der Waals surface area contributed by atoms with Crippen LogP contribution in [0.15, 0.2) is 0 Å². The van der Waals surface area contributed by atoms with E-state index in [1.165, 1.54) is 13.8 Å². The van der Waals surface area contributed by atoms with Gasteiger partial charge in [-0.05, 0) is 0 Å². The van der Waals surface area contributed by atoms with Crippen molar-refractivity contribution in [1.29, 1.82) is 0 Å². The number of methoxy groups -OCH3 is 1. The minimum Gasteiger partial charge on any atom is -0.468 e. The molecule has 6 heteroatoms. The Morgan fingerprint density at radius 2 is 1.64 bits per heavy atom. The minimum atomic E-state index is -4.88. The van der Waals surface area contributed by atoms with E-state index in [2.05, 4.69) is 4.74 Å². The van der Waals surface area contributed by atoms with Crippen LogP contribution in [0.5, 0.6) is 0 Å². The van der Waals surface area contributed by atoms with Gasteiger partial charge in [-0.1, -0.05) is 13.8 Å². The topological polar surface area (TPSA) is 43.4 Å². The van der Waals surface area contributed by atoms with E-state index >= 15 is 0 Å². The van der Waals surface area contributed by atoms with Crippen LogP contribution in [0.25, 0.3) is 0 Å². The van der Waals surface area contributed by atoms with Crippen LogP contribution in [0.4, 0.5) is 13.2 Å². The summed E-state index contributed by atoms with van der Waals surface area (Å²) in [6.45, 7) is 2.59. The van der Waals surface area contributed by atoms with E-state index in [-0.39, 0.29) is 0 Å². The molecule has 0 amide bonds. The smallest absolute Gasteiger partial charge is 0.409 e. The van der Waals surface area contributed by atoms with Crippen LogP contribution in [-0.4, -0.2) is 25.0 Å². The van der Waals surface area contributed by atoms with E-state index in [9.17, 15) is 22.8 Å². The van der Waals surface area contributed by atoms with Crippen LogP contribution >= 0.6 is 0 Å². The lowest BCUT2D eigenvalue weighted by Crippen LogP contribution is -2.40. The number of Topliss-reactive ketones (excluding diaryl/α,β-unsaturated/α-hetero) is 1. The van der Waals surface area contributed by atoms with Gasteiger partial charge in [-0.2, -0.15) is 13.2 Å². The molecule has 1 atom stereocenters. The van der Waals surface area contributed by atoms with Gasteiger partial charge < -0.3 is 4.74 Å². The second-order valence-electron chi connectivity index (χ2n) is 3.05. The zero-order valence-corrected chi connectivity index (χ0v) is 8.01. The lowest BCUT2D eigenvalue weighted by atomic mass is 9.95. The number of alkyl halides is 3. The molecular weight excluding hydrogens is 201 g/mol. The van der Waals surface area contributed by atoms with Crippen molar-refractivity contribution in [2.24, 2.45) is 11.8 Å². The Balaban J connectivity index is 4.93. The third kappa shape index (κ3) is 3.01. The third-order valence-corrected chi connectivity index (χ3v) is 1.62. The molecule has 0 radical (unpaired) electrons. The van der Waals surface area contributed by atoms with Crippen LogP contribution < -0.4 is 0 Å². The number of hydrogen-bond acceptors (Lipinski definition) is 3. The quantitative estimate of drug-likeness (QED) is 0.526. The van der Waals surface area contributed by atoms with Gasteiger partial charge in [-0.25, -0.2) is 0 Å². The summed E-state index contributed by atoms with van der Waals surface area (Å²) in [5.41, 5.74) is 0. The van der Waals surface area contributed by atoms with Gasteiger partial charge in [0.25, 0.3) is 0 Å². The van der Waals surface area contributed by atoms with E-state index in [4.69, 9.17) is 0 Å². The van der Waals surface area contributed by atoms with Crippen LogP contribution in [0, 0.1) is 11.8 Å². The molecule has 0 rings (SSSR count). The molecule has 0 aliphatic rings. The zero-order chi connectivity index (χ0) is 11.5. The first-order valence-corrected chi connectivity index (χ1v) is 3.90.